The molecule has 78 valence electrons. The van der Waals surface area contributed by atoms with Gasteiger partial charge in [-0.05, 0) is 31.1 Å². The summed E-state index contributed by atoms with van der Waals surface area (Å²) < 4.78 is 0. The van der Waals surface area contributed by atoms with Crippen LogP contribution in [-0.4, -0.2) is 24.0 Å². The molecule has 2 N–H and O–H groups in total. The monoisotopic (exact) mass is 186 g/mol. The Kier molecular flexibility index (Phi) is 3.17. The van der Waals surface area contributed by atoms with Gasteiger partial charge in [-0.25, -0.2) is 4.79 Å². The third kappa shape index (κ3) is 2.36. The van der Waals surface area contributed by atoms with Gasteiger partial charge in [-0.3, -0.25) is 0 Å². The summed E-state index contributed by atoms with van der Waals surface area (Å²) in [7, 11) is 0. The van der Waals surface area contributed by atoms with Crippen LogP contribution in [0.2, 0.25) is 0 Å². The van der Waals surface area contributed by atoms with Crippen LogP contribution in [0.1, 0.15) is 41.0 Å². The molecule has 0 unspecified atom stereocenters. The second-order valence-corrected chi connectivity index (χ2v) is 3.83. The van der Waals surface area contributed by atoms with Crippen LogP contribution >= 0.6 is 0 Å². The Hall–Kier alpha value is -0.730. The largest absolute Gasteiger partial charge is 0.351 e. The molecule has 2 aliphatic rings. The van der Waals surface area contributed by atoms with Gasteiger partial charge in [0.25, 0.3) is 0 Å². The smallest absolute Gasteiger partial charge is 0.314 e. The van der Waals surface area contributed by atoms with Crippen LogP contribution in [0.3, 0.4) is 0 Å². The van der Waals surface area contributed by atoms with Crippen LogP contribution in [0.4, 0.5) is 4.79 Å². The number of piperidine rings is 1. The number of nitrogens with two attached hydrogens (primary N) is 1. The lowest BCUT2D eigenvalue weighted by molar-refractivity contribution is 0.173. The highest BCUT2D eigenvalue weighted by molar-refractivity contribution is 5.72. The lowest BCUT2D eigenvalue weighted by Crippen LogP contribution is -2.42. The van der Waals surface area contributed by atoms with E-state index in [1.165, 1.54) is 25.7 Å². The number of urea groups is 1. The Balaban J connectivity index is 0.000000531. The third-order valence-corrected chi connectivity index (χ3v) is 3.09. The SMILES string of the molecule is CC.NC(=O)N1CCC2(CC1)CC2.[HH]. The lowest BCUT2D eigenvalue weighted by atomic mass is 9.94. The number of hydrogen-bond donors (Lipinski definition) is 1. The number of rotatable bonds is 0. The molecular weight excluding hydrogens is 164 g/mol. The number of carbonyl (C=O) groups excluding carboxylic acids is 1. The van der Waals surface area contributed by atoms with Crippen molar-refractivity contribution >= 4 is 6.03 Å². The van der Waals surface area contributed by atoms with E-state index in [2.05, 4.69) is 0 Å². The second-order valence-electron chi connectivity index (χ2n) is 3.83. The van der Waals surface area contributed by atoms with Crippen molar-refractivity contribution in [1.82, 2.24) is 4.90 Å². The molecule has 1 aliphatic carbocycles. The highest BCUT2D eigenvalue weighted by Gasteiger charge is 2.44. The zero-order valence-corrected chi connectivity index (χ0v) is 8.68. The number of carbonyl (C=O) groups is 1. The molecule has 0 radical (unpaired) electrons. The molecule has 0 aromatic heterocycles. The van der Waals surface area contributed by atoms with E-state index in [1.54, 1.807) is 4.90 Å². The zero-order chi connectivity index (χ0) is 9.90. The third-order valence-electron chi connectivity index (χ3n) is 3.09. The molecule has 1 saturated heterocycles. The summed E-state index contributed by atoms with van der Waals surface area (Å²) in [5.74, 6) is 0. The minimum atomic E-state index is -0.250. The molecule has 3 nitrogen and oxygen atoms in total. The maximum absolute atomic E-state index is 10.7. The van der Waals surface area contributed by atoms with Gasteiger partial charge in [0.05, 0.1) is 0 Å². The van der Waals surface area contributed by atoms with E-state index < -0.39 is 0 Å². The quantitative estimate of drug-likeness (QED) is 0.619. The van der Waals surface area contributed by atoms with Crippen LogP contribution in [0.15, 0.2) is 0 Å². The maximum Gasteiger partial charge on any atom is 0.314 e. The van der Waals surface area contributed by atoms with Gasteiger partial charge in [0.15, 0.2) is 0 Å². The topological polar surface area (TPSA) is 46.3 Å². The number of amides is 2. The molecule has 13 heavy (non-hydrogen) atoms. The fraction of sp³-hybridized carbons (Fsp3) is 0.900. The van der Waals surface area contributed by atoms with Gasteiger partial charge in [0, 0.05) is 14.5 Å². The van der Waals surface area contributed by atoms with Crippen molar-refractivity contribution in [3.63, 3.8) is 0 Å². The van der Waals surface area contributed by atoms with Gasteiger partial charge in [-0.2, -0.15) is 0 Å². The highest BCUT2D eigenvalue weighted by atomic mass is 16.2. The summed E-state index contributed by atoms with van der Waals surface area (Å²) in [6.45, 7) is 5.77. The van der Waals surface area contributed by atoms with E-state index in [-0.39, 0.29) is 7.46 Å². The van der Waals surface area contributed by atoms with Crippen LogP contribution in [0.25, 0.3) is 0 Å². The summed E-state index contributed by atoms with van der Waals surface area (Å²) in [6.07, 6.45) is 5.10. The van der Waals surface area contributed by atoms with Gasteiger partial charge in [-0.15, -0.1) is 0 Å². The average molecular weight is 186 g/mol. The first-order valence-corrected chi connectivity index (χ1v) is 5.26. The first-order chi connectivity index (χ1) is 6.22. The van der Waals surface area contributed by atoms with Crippen molar-refractivity contribution in [3.05, 3.63) is 0 Å². The van der Waals surface area contributed by atoms with Crippen molar-refractivity contribution in [2.45, 2.75) is 39.5 Å². The second kappa shape index (κ2) is 3.99. The molecule has 1 saturated carbocycles. The number of hydrogen-bond acceptors (Lipinski definition) is 1. The summed E-state index contributed by atoms with van der Waals surface area (Å²) >= 11 is 0. The van der Waals surface area contributed by atoms with Crippen molar-refractivity contribution < 1.29 is 6.22 Å². The normalized spacial score (nSPS) is 23.4. The minimum absolute atomic E-state index is 0. The van der Waals surface area contributed by atoms with Crippen LogP contribution in [0, 0.1) is 5.41 Å². The van der Waals surface area contributed by atoms with E-state index >= 15 is 0 Å². The molecule has 2 amide bonds. The fourth-order valence-electron chi connectivity index (χ4n) is 1.88. The zero-order valence-electron chi connectivity index (χ0n) is 8.68. The molecule has 1 aliphatic heterocycles. The Morgan fingerprint density at radius 2 is 1.69 bits per heavy atom. The fourth-order valence-corrected chi connectivity index (χ4v) is 1.88. The summed E-state index contributed by atoms with van der Waals surface area (Å²) in [5, 5.41) is 0. The summed E-state index contributed by atoms with van der Waals surface area (Å²) in [4.78, 5) is 12.5. The Morgan fingerprint density at radius 3 is 2.00 bits per heavy atom. The van der Waals surface area contributed by atoms with Gasteiger partial charge < -0.3 is 10.6 Å². The van der Waals surface area contributed by atoms with E-state index in [1.807, 2.05) is 13.8 Å². The standard InChI is InChI=1S/C8H14N2O.C2H6.H2/c9-7(11)10-5-3-8(1-2-8)4-6-10;1-2;/h1-6H2,(H2,9,11);1-2H3;1H. The van der Waals surface area contributed by atoms with Crippen LogP contribution in [-0.2, 0) is 0 Å². The molecule has 2 fully saturated rings. The molecule has 3 heteroatoms. The van der Waals surface area contributed by atoms with E-state index in [0.29, 0.717) is 5.41 Å². The molecule has 0 aromatic rings. The number of likely N-dealkylation sites (tertiary alicyclic amines) is 1. The Morgan fingerprint density at radius 1 is 1.23 bits per heavy atom. The van der Waals surface area contributed by atoms with Gasteiger partial charge >= 0.3 is 6.03 Å². The predicted molar refractivity (Wildman–Crippen MR) is 55.5 cm³/mol. The van der Waals surface area contributed by atoms with Gasteiger partial charge in [-0.1, -0.05) is 13.8 Å². The van der Waals surface area contributed by atoms with E-state index in [9.17, 15) is 4.79 Å². The Bertz CT molecular complexity index is 183. The van der Waals surface area contributed by atoms with Crippen molar-refractivity contribution in [2.24, 2.45) is 11.1 Å². The van der Waals surface area contributed by atoms with Crippen LogP contribution in [0.5, 0.6) is 0 Å². The van der Waals surface area contributed by atoms with E-state index in [4.69, 9.17) is 5.73 Å². The molecule has 0 atom stereocenters. The molecule has 0 bridgehead atoms. The molecular formula is C10H22N2O. The minimum Gasteiger partial charge on any atom is -0.351 e. The van der Waals surface area contributed by atoms with E-state index in [0.717, 1.165) is 13.1 Å². The predicted octanol–water partition coefficient (Wildman–Crippen LogP) is 2.21. The first kappa shape index (κ1) is 10.4. The van der Waals surface area contributed by atoms with Crippen LogP contribution < -0.4 is 5.73 Å². The van der Waals surface area contributed by atoms with Crippen molar-refractivity contribution in [3.8, 4) is 0 Å². The molecule has 1 heterocycles. The van der Waals surface area contributed by atoms with Crippen molar-refractivity contribution in [2.75, 3.05) is 13.1 Å². The lowest BCUT2D eigenvalue weighted by Gasteiger charge is -2.30. The van der Waals surface area contributed by atoms with Gasteiger partial charge in [0.2, 0.25) is 0 Å². The maximum atomic E-state index is 10.7. The number of primary amides is 1. The highest BCUT2D eigenvalue weighted by Crippen LogP contribution is 2.53. The summed E-state index contributed by atoms with van der Waals surface area (Å²) in [5.41, 5.74) is 5.81. The van der Waals surface area contributed by atoms with Gasteiger partial charge in [0.1, 0.15) is 0 Å². The molecule has 1 spiro atoms. The number of nitrogens with zero attached hydrogens (tertiary/aromatic N) is 1. The van der Waals surface area contributed by atoms with Crippen molar-refractivity contribution in [1.29, 1.82) is 0 Å². The first-order valence-electron chi connectivity index (χ1n) is 5.26. The average Bonchev–Trinajstić information content (AvgIpc) is 2.89. The molecule has 0 aromatic carbocycles. The Labute approximate surface area is 81.8 Å². The summed E-state index contributed by atoms with van der Waals surface area (Å²) in [6, 6.07) is -0.250. The molecule has 2 rings (SSSR count).